The van der Waals surface area contributed by atoms with E-state index in [-0.39, 0.29) is 0 Å². The number of benzene rings is 1. The van der Waals surface area contributed by atoms with E-state index in [0.717, 1.165) is 5.56 Å². The van der Waals surface area contributed by atoms with Crippen LogP contribution in [0, 0.1) is 0 Å². The van der Waals surface area contributed by atoms with Crippen LogP contribution in [0.15, 0.2) is 29.0 Å². The molecule has 0 atom stereocenters. The van der Waals surface area contributed by atoms with Crippen molar-refractivity contribution >= 4 is 44.9 Å². The molecule has 1 aromatic heterocycles. The molecule has 0 aliphatic rings. The molecule has 0 amide bonds. The van der Waals surface area contributed by atoms with Gasteiger partial charge in [-0.2, -0.15) is 0 Å². The first-order valence-corrected chi connectivity index (χ1v) is 5.86. The van der Waals surface area contributed by atoms with Crippen molar-refractivity contribution in [1.82, 2.24) is 9.97 Å². The summed E-state index contributed by atoms with van der Waals surface area (Å²) in [5.74, 6) is 0.349. The molecule has 2 aromatic rings. The van der Waals surface area contributed by atoms with Crippen LogP contribution in [0.3, 0.4) is 0 Å². The highest BCUT2D eigenvalue weighted by Gasteiger charge is 2.08. The molecular weight excluding hydrogens is 313 g/mol. The number of aromatic nitrogens is 2. The quantitative estimate of drug-likeness (QED) is 0.870. The minimum absolute atomic E-state index is 0.349. The average molecular weight is 319 g/mol. The molecule has 0 spiro atoms. The highest BCUT2D eigenvalue weighted by atomic mass is 79.9. The second-order valence-corrected chi connectivity index (χ2v) is 4.68. The van der Waals surface area contributed by atoms with E-state index < -0.39 is 0 Å². The van der Waals surface area contributed by atoms with Gasteiger partial charge in [0, 0.05) is 5.56 Å². The molecule has 16 heavy (non-hydrogen) atoms. The Balaban J connectivity index is 2.58. The van der Waals surface area contributed by atoms with E-state index in [1.165, 1.54) is 6.20 Å². The van der Waals surface area contributed by atoms with Crippen LogP contribution in [0.1, 0.15) is 0 Å². The minimum Gasteiger partial charge on any atom is -0.382 e. The first kappa shape index (κ1) is 11.6. The Morgan fingerprint density at radius 1 is 1.19 bits per heavy atom. The number of hydrogen-bond acceptors (Lipinski definition) is 3. The summed E-state index contributed by atoms with van der Waals surface area (Å²) < 4.78 is 0.614. The number of nitrogens with zero attached hydrogens (tertiary/aromatic N) is 2. The predicted octanol–water partition coefficient (Wildman–Crippen LogP) is 3.80. The number of halogens is 3. The van der Waals surface area contributed by atoms with Crippen molar-refractivity contribution in [3.05, 3.63) is 39.0 Å². The smallest absolute Gasteiger partial charge is 0.150 e. The molecule has 3 nitrogen and oxygen atoms in total. The molecule has 1 aromatic carbocycles. The first-order valence-electron chi connectivity index (χ1n) is 4.31. The Kier molecular flexibility index (Phi) is 3.33. The second kappa shape index (κ2) is 4.57. The van der Waals surface area contributed by atoms with Crippen LogP contribution in [0.4, 0.5) is 5.82 Å². The SMILES string of the molecule is Nc1ncc(Br)nc1-c1ccc(Cl)c(Cl)c1. The van der Waals surface area contributed by atoms with Crippen molar-refractivity contribution in [3.63, 3.8) is 0 Å². The molecule has 0 bridgehead atoms. The van der Waals surface area contributed by atoms with E-state index in [0.29, 0.717) is 26.2 Å². The zero-order valence-corrected chi connectivity index (χ0v) is 11.0. The number of rotatable bonds is 1. The Morgan fingerprint density at radius 3 is 2.62 bits per heavy atom. The van der Waals surface area contributed by atoms with Crippen molar-refractivity contribution in [1.29, 1.82) is 0 Å². The fourth-order valence-electron chi connectivity index (χ4n) is 1.23. The van der Waals surface area contributed by atoms with Gasteiger partial charge in [0.15, 0.2) is 0 Å². The van der Waals surface area contributed by atoms with Gasteiger partial charge in [0.25, 0.3) is 0 Å². The molecular formula is C10H6BrCl2N3. The summed E-state index contributed by atoms with van der Waals surface area (Å²) in [4.78, 5) is 8.24. The highest BCUT2D eigenvalue weighted by molar-refractivity contribution is 9.10. The molecule has 0 fully saturated rings. The lowest BCUT2D eigenvalue weighted by molar-refractivity contribution is 1.18. The summed E-state index contributed by atoms with van der Waals surface area (Å²) in [7, 11) is 0. The Morgan fingerprint density at radius 2 is 1.94 bits per heavy atom. The van der Waals surface area contributed by atoms with E-state index in [1.807, 2.05) is 0 Å². The largest absolute Gasteiger partial charge is 0.382 e. The molecule has 82 valence electrons. The summed E-state index contributed by atoms with van der Waals surface area (Å²) in [6.45, 7) is 0. The third-order valence-electron chi connectivity index (χ3n) is 1.96. The molecule has 6 heteroatoms. The van der Waals surface area contributed by atoms with Crippen LogP contribution in [0.25, 0.3) is 11.3 Å². The van der Waals surface area contributed by atoms with E-state index in [4.69, 9.17) is 28.9 Å². The van der Waals surface area contributed by atoms with Crippen LogP contribution < -0.4 is 5.73 Å². The molecule has 1 heterocycles. The summed E-state index contributed by atoms with van der Waals surface area (Å²) >= 11 is 15.0. The molecule has 0 radical (unpaired) electrons. The molecule has 2 N–H and O–H groups in total. The van der Waals surface area contributed by atoms with E-state index >= 15 is 0 Å². The van der Waals surface area contributed by atoms with E-state index in [2.05, 4.69) is 25.9 Å². The summed E-state index contributed by atoms with van der Waals surface area (Å²) in [6, 6.07) is 5.19. The third-order valence-corrected chi connectivity index (χ3v) is 3.09. The van der Waals surface area contributed by atoms with Gasteiger partial charge in [-0.05, 0) is 28.1 Å². The maximum absolute atomic E-state index is 5.92. The van der Waals surface area contributed by atoms with Crippen molar-refractivity contribution in [3.8, 4) is 11.3 Å². The third kappa shape index (κ3) is 2.29. The summed E-state index contributed by atoms with van der Waals surface area (Å²) in [6.07, 6.45) is 1.54. The standard InChI is InChI=1S/C10H6BrCl2N3/c11-8-4-15-10(14)9(16-8)5-1-2-6(12)7(13)3-5/h1-4H,(H2,14,15). The topological polar surface area (TPSA) is 51.8 Å². The second-order valence-electron chi connectivity index (χ2n) is 3.06. The molecule has 0 aliphatic heterocycles. The van der Waals surface area contributed by atoms with Crippen molar-refractivity contribution in [2.75, 3.05) is 5.73 Å². The van der Waals surface area contributed by atoms with Gasteiger partial charge >= 0.3 is 0 Å². The van der Waals surface area contributed by atoms with Crippen LogP contribution >= 0.6 is 39.1 Å². The lowest BCUT2D eigenvalue weighted by atomic mass is 10.1. The number of hydrogen-bond donors (Lipinski definition) is 1. The zero-order valence-electron chi connectivity index (χ0n) is 7.92. The molecule has 2 rings (SSSR count). The van der Waals surface area contributed by atoms with Gasteiger partial charge in [-0.3, -0.25) is 0 Å². The maximum atomic E-state index is 5.92. The lowest BCUT2D eigenvalue weighted by Gasteiger charge is -2.05. The van der Waals surface area contributed by atoms with E-state index in [1.54, 1.807) is 18.2 Å². The average Bonchev–Trinajstić information content (AvgIpc) is 2.26. The van der Waals surface area contributed by atoms with Gasteiger partial charge in [-0.15, -0.1) is 0 Å². The number of nitrogens with two attached hydrogens (primary N) is 1. The van der Waals surface area contributed by atoms with Crippen LogP contribution in [-0.2, 0) is 0 Å². The van der Waals surface area contributed by atoms with Gasteiger partial charge in [-0.1, -0.05) is 29.3 Å². The van der Waals surface area contributed by atoms with Gasteiger partial charge in [0.2, 0.25) is 0 Å². The summed E-state index contributed by atoms with van der Waals surface area (Å²) in [5.41, 5.74) is 7.09. The molecule has 0 unspecified atom stereocenters. The maximum Gasteiger partial charge on any atom is 0.150 e. The van der Waals surface area contributed by atoms with Gasteiger partial charge in [0.05, 0.1) is 16.2 Å². The predicted molar refractivity (Wildman–Crippen MR) is 69.6 cm³/mol. The minimum atomic E-state index is 0.349. The lowest BCUT2D eigenvalue weighted by Crippen LogP contribution is -1.97. The Bertz CT molecular complexity index is 546. The monoisotopic (exact) mass is 317 g/mol. The molecule has 0 saturated heterocycles. The highest BCUT2D eigenvalue weighted by Crippen LogP contribution is 2.30. The Labute approximate surface area is 111 Å². The van der Waals surface area contributed by atoms with Crippen molar-refractivity contribution in [2.24, 2.45) is 0 Å². The number of nitrogen functional groups attached to an aromatic ring is 1. The van der Waals surface area contributed by atoms with Crippen LogP contribution in [0.2, 0.25) is 10.0 Å². The molecule has 0 aliphatic carbocycles. The van der Waals surface area contributed by atoms with Crippen LogP contribution in [-0.4, -0.2) is 9.97 Å². The molecule has 0 saturated carbocycles. The van der Waals surface area contributed by atoms with Crippen molar-refractivity contribution in [2.45, 2.75) is 0 Å². The summed E-state index contributed by atoms with van der Waals surface area (Å²) in [5, 5.41) is 0.951. The van der Waals surface area contributed by atoms with Gasteiger partial charge in [-0.25, -0.2) is 9.97 Å². The zero-order chi connectivity index (χ0) is 11.7. The fourth-order valence-corrected chi connectivity index (χ4v) is 1.81. The normalized spacial score (nSPS) is 10.4. The number of anilines is 1. The first-order chi connectivity index (χ1) is 7.58. The fraction of sp³-hybridized carbons (Fsp3) is 0. The van der Waals surface area contributed by atoms with Crippen LogP contribution in [0.5, 0.6) is 0 Å². The van der Waals surface area contributed by atoms with Crippen molar-refractivity contribution < 1.29 is 0 Å². The van der Waals surface area contributed by atoms with Gasteiger partial charge < -0.3 is 5.73 Å². The van der Waals surface area contributed by atoms with Gasteiger partial charge in [0.1, 0.15) is 16.1 Å². The van der Waals surface area contributed by atoms with E-state index in [9.17, 15) is 0 Å². The Hall–Kier alpha value is -0.840.